The van der Waals surface area contributed by atoms with Crippen molar-refractivity contribution in [1.29, 1.82) is 0 Å². The highest BCUT2D eigenvalue weighted by molar-refractivity contribution is 7.13. The van der Waals surface area contributed by atoms with E-state index in [-0.39, 0.29) is 18.0 Å². The number of aromatic nitrogens is 2. The Hall–Kier alpha value is -2.03. The van der Waals surface area contributed by atoms with Gasteiger partial charge < -0.3 is 10.2 Å². The molecule has 3 fully saturated rings. The van der Waals surface area contributed by atoms with E-state index in [1.807, 2.05) is 30.5 Å². The minimum absolute atomic E-state index is 0.0409. The normalized spacial score (nSPS) is 31.0. The number of fused-ring (bicyclic) bond motifs is 1. The van der Waals surface area contributed by atoms with Gasteiger partial charge in [-0.2, -0.15) is 0 Å². The molecule has 2 aromatic rings. The van der Waals surface area contributed by atoms with Crippen LogP contribution >= 0.6 is 11.3 Å². The molecular formula is C22H30N6OS. The Bertz CT molecular complexity index is 917. The third-order valence-electron chi connectivity index (χ3n) is 6.78. The number of thiazole rings is 1. The monoisotopic (exact) mass is 426 g/mol. The summed E-state index contributed by atoms with van der Waals surface area (Å²) in [5.74, 6) is 2.08. The van der Waals surface area contributed by atoms with Crippen LogP contribution in [0.15, 0.2) is 23.6 Å². The molecule has 160 valence electrons. The van der Waals surface area contributed by atoms with Gasteiger partial charge in [-0.1, -0.05) is 13.0 Å². The summed E-state index contributed by atoms with van der Waals surface area (Å²) in [6.07, 6.45) is 5.49. The molecule has 2 saturated heterocycles. The molecule has 5 rings (SSSR count). The summed E-state index contributed by atoms with van der Waals surface area (Å²) in [6.45, 7) is 5.10. The Kier molecular flexibility index (Phi) is 5.47. The van der Waals surface area contributed by atoms with Gasteiger partial charge in [-0.05, 0) is 57.1 Å². The Morgan fingerprint density at radius 1 is 1.23 bits per heavy atom. The van der Waals surface area contributed by atoms with E-state index in [0.717, 1.165) is 54.6 Å². The van der Waals surface area contributed by atoms with Crippen molar-refractivity contribution in [3.8, 4) is 0 Å². The van der Waals surface area contributed by atoms with E-state index >= 15 is 0 Å². The van der Waals surface area contributed by atoms with Gasteiger partial charge in [-0.25, -0.2) is 15.4 Å². The number of aryl methyl sites for hydroxylation is 1. The van der Waals surface area contributed by atoms with Crippen molar-refractivity contribution < 1.29 is 4.79 Å². The fraction of sp³-hybridized carbons (Fsp3) is 0.591. The van der Waals surface area contributed by atoms with Gasteiger partial charge in [0.1, 0.15) is 11.9 Å². The molecule has 1 aliphatic carbocycles. The second-order valence-electron chi connectivity index (χ2n) is 9.01. The lowest BCUT2D eigenvalue weighted by atomic mass is 9.76. The molecule has 1 amide bonds. The lowest BCUT2D eigenvalue weighted by Crippen LogP contribution is -2.48. The molecular weight excluding hydrogens is 396 g/mol. The molecule has 0 spiro atoms. The van der Waals surface area contributed by atoms with Crippen molar-refractivity contribution in [2.24, 2.45) is 11.8 Å². The number of rotatable bonds is 4. The number of hydrogen-bond acceptors (Lipinski definition) is 7. The zero-order chi connectivity index (χ0) is 20.7. The maximum Gasteiger partial charge on any atom is 0.241 e. The number of carbonyl (C=O) groups excluding carboxylic acids is 1. The Morgan fingerprint density at radius 2 is 2.13 bits per heavy atom. The fourth-order valence-electron chi connectivity index (χ4n) is 5.27. The van der Waals surface area contributed by atoms with Gasteiger partial charge in [0.15, 0.2) is 5.13 Å². The molecule has 0 aromatic carbocycles. The summed E-state index contributed by atoms with van der Waals surface area (Å²) in [7, 11) is 0. The molecule has 0 bridgehead atoms. The lowest BCUT2D eigenvalue weighted by molar-refractivity contribution is -0.135. The molecule has 7 nitrogen and oxygen atoms in total. The van der Waals surface area contributed by atoms with Crippen molar-refractivity contribution in [3.63, 3.8) is 0 Å². The summed E-state index contributed by atoms with van der Waals surface area (Å²) in [6, 6.07) is 6.35. The van der Waals surface area contributed by atoms with E-state index in [4.69, 9.17) is 4.98 Å². The number of amides is 1. The first kappa shape index (κ1) is 19.9. The van der Waals surface area contributed by atoms with Crippen LogP contribution < -0.4 is 16.2 Å². The summed E-state index contributed by atoms with van der Waals surface area (Å²) in [5.41, 5.74) is 8.69. The van der Waals surface area contributed by atoms with Crippen molar-refractivity contribution in [2.45, 2.75) is 64.1 Å². The maximum absolute atomic E-state index is 13.5. The smallest absolute Gasteiger partial charge is 0.241 e. The molecule has 30 heavy (non-hydrogen) atoms. The lowest BCUT2D eigenvalue weighted by Gasteiger charge is -2.33. The average Bonchev–Trinajstić information content (AvgIpc) is 3.47. The van der Waals surface area contributed by atoms with Crippen molar-refractivity contribution in [2.75, 3.05) is 11.9 Å². The van der Waals surface area contributed by atoms with E-state index in [1.165, 1.54) is 6.42 Å². The van der Waals surface area contributed by atoms with E-state index in [1.54, 1.807) is 11.3 Å². The van der Waals surface area contributed by atoms with Crippen LogP contribution in [-0.4, -0.2) is 39.4 Å². The predicted octanol–water partition coefficient (Wildman–Crippen LogP) is 3.53. The van der Waals surface area contributed by atoms with Gasteiger partial charge in [0.05, 0.1) is 17.4 Å². The average molecular weight is 427 g/mol. The van der Waals surface area contributed by atoms with Crippen LogP contribution in [0.1, 0.15) is 56.5 Å². The Morgan fingerprint density at radius 3 is 2.97 bits per heavy atom. The summed E-state index contributed by atoms with van der Waals surface area (Å²) in [5, 5.41) is 6.16. The third-order valence-corrected chi connectivity index (χ3v) is 7.66. The molecule has 5 atom stereocenters. The van der Waals surface area contributed by atoms with Crippen LogP contribution in [0, 0.1) is 18.8 Å². The van der Waals surface area contributed by atoms with Gasteiger partial charge in [0.2, 0.25) is 5.91 Å². The highest BCUT2D eigenvalue weighted by Crippen LogP contribution is 2.37. The minimum Gasteiger partial charge on any atom is -0.333 e. The first-order valence-electron chi connectivity index (χ1n) is 11.1. The summed E-state index contributed by atoms with van der Waals surface area (Å²) in [4.78, 5) is 24.9. The van der Waals surface area contributed by atoms with E-state index < -0.39 is 0 Å². The van der Waals surface area contributed by atoms with Gasteiger partial charge in [-0.3, -0.25) is 10.2 Å². The molecule has 4 heterocycles. The molecule has 8 heteroatoms. The molecule has 2 aliphatic heterocycles. The number of nitrogens with one attached hydrogen (secondary N) is 3. The number of hydrogen-bond donors (Lipinski definition) is 3. The number of carbonyl (C=O) groups is 1. The van der Waals surface area contributed by atoms with Gasteiger partial charge >= 0.3 is 0 Å². The maximum atomic E-state index is 13.5. The quantitative estimate of drug-likeness (QED) is 0.694. The Labute approximate surface area is 181 Å². The van der Waals surface area contributed by atoms with E-state index in [9.17, 15) is 4.79 Å². The van der Waals surface area contributed by atoms with Gasteiger partial charge in [-0.15, -0.1) is 11.3 Å². The summed E-state index contributed by atoms with van der Waals surface area (Å²) >= 11 is 1.57. The Balaban J connectivity index is 1.32. The number of anilines is 2. The zero-order valence-corrected chi connectivity index (χ0v) is 18.4. The highest BCUT2D eigenvalue weighted by atomic mass is 32.1. The summed E-state index contributed by atoms with van der Waals surface area (Å²) < 4.78 is 0. The topological polar surface area (TPSA) is 82.2 Å². The third kappa shape index (κ3) is 3.84. The van der Waals surface area contributed by atoms with E-state index in [2.05, 4.69) is 33.0 Å². The van der Waals surface area contributed by atoms with Crippen molar-refractivity contribution in [3.05, 3.63) is 35.0 Å². The molecule has 5 unspecified atom stereocenters. The molecule has 3 aliphatic rings. The van der Waals surface area contributed by atoms with Crippen LogP contribution in [0.4, 0.5) is 10.9 Å². The van der Waals surface area contributed by atoms with Gasteiger partial charge in [0.25, 0.3) is 0 Å². The molecule has 1 saturated carbocycles. The van der Waals surface area contributed by atoms with Crippen LogP contribution in [-0.2, 0) is 4.79 Å². The SMILES string of the molecule is Cc1csc(Nc2cccc(C3CCCN3C(=O)C3NNC4CCC(C)CC43)n2)n1. The van der Waals surface area contributed by atoms with Crippen molar-refractivity contribution >= 4 is 28.2 Å². The van der Waals surface area contributed by atoms with Crippen LogP contribution in [0.3, 0.4) is 0 Å². The number of pyridine rings is 1. The fourth-order valence-corrected chi connectivity index (χ4v) is 5.96. The molecule has 2 aromatic heterocycles. The van der Waals surface area contributed by atoms with Gasteiger partial charge in [0, 0.05) is 23.9 Å². The number of hydrazine groups is 1. The van der Waals surface area contributed by atoms with Crippen molar-refractivity contribution in [1.82, 2.24) is 25.7 Å². The first-order chi connectivity index (χ1) is 14.6. The second-order valence-corrected chi connectivity index (χ2v) is 9.87. The standard InChI is InChI=1S/C22H30N6OS/c1-13-8-9-16-15(11-13)20(27-26-16)21(29)28-10-4-6-18(28)17-5-3-7-19(24-17)25-22-23-14(2)12-30-22/h3,5,7,12-13,15-16,18,20,26-27H,4,6,8-11H2,1-2H3,(H,23,24,25). The van der Waals surface area contributed by atoms with E-state index in [0.29, 0.717) is 17.9 Å². The largest absolute Gasteiger partial charge is 0.333 e. The molecule has 0 radical (unpaired) electrons. The predicted molar refractivity (Wildman–Crippen MR) is 118 cm³/mol. The highest BCUT2D eigenvalue weighted by Gasteiger charge is 2.46. The minimum atomic E-state index is -0.127. The number of likely N-dealkylation sites (tertiary alicyclic amines) is 1. The van der Waals surface area contributed by atoms with Crippen LogP contribution in [0.25, 0.3) is 0 Å². The second kappa shape index (κ2) is 8.24. The molecule has 3 N–H and O–H groups in total. The van der Waals surface area contributed by atoms with Crippen LogP contribution in [0.2, 0.25) is 0 Å². The number of nitrogens with zero attached hydrogens (tertiary/aromatic N) is 3. The zero-order valence-electron chi connectivity index (χ0n) is 17.6. The first-order valence-corrected chi connectivity index (χ1v) is 11.9. The van der Waals surface area contributed by atoms with Crippen LogP contribution in [0.5, 0.6) is 0 Å².